The maximum Gasteiger partial charge on any atom is 0.215 e. The summed E-state index contributed by atoms with van der Waals surface area (Å²) in [5.41, 5.74) is 6.41. The standard InChI is InChI=1S/C7H7FN4/c8-5-2-1-4-7(11-5)12-6(3-9)10-4/h1-2H,3,9H2,(H,10,11,12). The van der Waals surface area contributed by atoms with Gasteiger partial charge in [0.15, 0.2) is 5.65 Å². The molecule has 0 aliphatic carbocycles. The van der Waals surface area contributed by atoms with Crippen molar-refractivity contribution in [1.29, 1.82) is 0 Å². The number of hydrogen-bond donors (Lipinski definition) is 2. The molecule has 0 aliphatic rings. The number of pyridine rings is 1. The number of nitrogens with two attached hydrogens (primary N) is 1. The second-order valence-corrected chi connectivity index (χ2v) is 2.39. The molecule has 2 aromatic rings. The molecule has 2 aromatic heterocycles. The first-order valence-electron chi connectivity index (χ1n) is 3.51. The van der Waals surface area contributed by atoms with E-state index in [-0.39, 0.29) is 0 Å². The molecule has 0 atom stereocenters. The van der Waals surface area contributed by atoms with Gasteiger partial charge in [0.25, 0.3) is 0 Å². The maximum atomic E-state index is 12.6. The summed E-state index contributed by atoms with van der Waals surface area (Å²) in [4.78, 5) is 10.4. The lowest BCUT2D eigenvalue weighted by Gasteiger charge is -1.85. The van der Waals surface area contributed by atoms with E-state index in [2.05, 4.69) is 15.0 Å². The van der Waals surface area contributed by atoms with Crippen LogP contribution in [-0.2, 0) is 6.54 Å². The lowest BCUT2D eigenvalue weighted by molar-refractivity contribution is 0.588. The zero-order chi connectivity index (χ0) is 8.55. The highest BCUT2D eigenvalue weighted by molar-refractivity contribution is 5.69. The number of hydrogen-bond acceptors (Lipinski definition) is 3. The Bertz CT molecular complexity index is 409. The summed E-state index contributed by atoms with van der Waals surface area (Å²) in [5.74, 6) is 0.0840. The Morgan fingerprint density at radius 3 is 3.00 bits per heavy atom. The molecule has 0 fully saturated rings. The fraction of sp³-hybridized carbons (Fsp3) is 0.143. The van der Waals surface area contributed by atoms with Crippen LogP contribution in [0, 0.1) is 5.95 Å². The van der Waals surface area contributed by atoms with E-state index in [0.29, 0.717) is 23.5 Å². The van der Waals surface area contributed by atoms with E-state index in [9.17, 15) is 4.39 Å². The van der Waals surface area contributed by atoms with Gasteiger partial charge < -0.3 is 10.7 Å². The van der Waals surface area contributed by atoms with E-state index < -0.39 is 5.95 Å². The highest BCUT2D eigenvalue weighted by Gasteiger charge is 2.02. The minimum Gasteiger partial charge on any atom is -0.340 e. The smallest absolute Gasteiger partial charge is 0.215 e. The van der Waals surface area contributed by atoms with E-state index >= 15 is 0 Å². The van der Waals surface area contributed by atoms with Crippen LogP contribution >= 0.6 is 0 Å². The zero-order valence-corrected chi connectivity index (χ0v) is 6.21. The first kappa shape index (κ1) is 7.17. The third kappa shape index (κ3) is 1.04. The molecule has 12 heavy (non-hydrogen) atoms. The number of halogens is 1. The summed E-state index contributed by atoms with van der Waals surface area (Å²) >= 11 is 0. The summed E-state index contributed by atoms with van der Waals surface area (Å²) < 4.78 is 12.6. The van der Waals surface area contributed by atoms with Gasteiger partial charge >= 0.3 is 0 Å². The van der Waals surface area contributed by atoms with Gasteiger partial charge in [0, 0.05) is 0 Å². The third-order valence-corrected chi connectivity index (χ3v) is 1.55. The molecule has 5 heteroatoms. The molecule has 2 rings (SSSR count). The van der Waals surface area contributed by atoms with Crippen LogP contribution in [0.3, 0.4) is 0 Å². The molecule has 4 nitrogen and oxygen atoms in total. The topological polar surface area (TPSA) is 67.6 Å². The van der Waals surface area contributed by atoms with Gasteiger partial charge in [-0.05, 0) is 12.1 Å². The quantitative estimate of drug-likeness (QED) is 0.608. The first-order valence-corrected chi connectivity index (χ1v) is 3.51. The average Bonchev–Trinajstić information content (AvgIpc) is 2.46. The van der Waals surface area contributed by atoms with Crippen LogP contribution in [0.4, 0.5) is 4.39 Å². The molecule has 0 aliphatic heterocycles. The van der Waals surface area contributed by atoms with E-state index in [1.54, 1.807) is 6.07 Å². The molecule has 0 amide bonds. The number of aromatic amines is 1. The minimum atomic E-state index is -0.530. The molecule has 0 bridgehead atoms. The van der Waals surface area contributed by atoms with Crippen molar-refractivity contribution in [2.75, 3.05) is 0 Å². The Kier molecular flexibility index (Phi) is 1.51. The highest BCUT2D eigenvalue weighted by atomic mass is 19.1. The SMILES string of the molecule is NCc1nc2nc(F)ccc2[nH]1. The molecule has 0 unspecified atom stereocenters. The number of rotatable bonds is 1. The highest BCUT2D eigenvalue weighted by Crippen LogP contribution is 2.08. The van der Waals surface area contributed by atoms with Gasteiger partial charge in [0.2, 0.25) is 5.95 Å². The van der Waals surface area contributed by atoms with Crippen LogP contribution in [0.5, 0.6) is 0 Å². The molecule has 3 N–H and O–H groups in total. The summed E-state index contributed by atoms with van der Waals surface area (Å²) in [6.45, 7) is 0.304. The molecule has 0 saturated carbocycles. The summed E-state index contributed by atoms with van der Waals surface area (Å²) in [6, 6.07) is 2.87. The number of imidazole rings is 1. The van der Waals surface area contributed by atoms with Gasteiger partial charge in [-0.2, -0.15) is 9.37 Å². The normalized spacial score (nSPS) is 10.8. The van der Waals surface area contributed by atoms with Crippen molar-refractivity contribution in [1.82, 2.24) is 15.0 Å². The van der Waals surface area contributed by atoms with Crippen LogP contribution < -0.4 is 5.73 Å². The van der Waals surface area contributed by atoms with Crippen LogP contribution in [0.15, 0.2) is 12.1 Å². The van der Waals surface area contributed by atoms with Gasteiger partial charge in [-0.1, -0.05) is 0 Å². The van der Waals surface area contributed by atoms with Crippen molar-refractivity contribution in [3.63, 3.8) is 0 Å². The van der Waals surface area contributed by atoms with Crippen LogP contribution in [-0.4, -0.2) is 15.0 Å². The van der Waals surface area contributed by atoms with Gasteiger partial charge in [0.05, 0.1) is 12.1 Å². The largest absolute Gasteiger partial charge is 0.340 e. The lowest BCUT2D eigenvalue weighted by Crippen LogP contribution is -1.97. The van der Waals surface area contributed by atoms with Crippen molar-refractivity contribution in [2.45, 2.75) is 6.54 Å². The van der Waals surface area contributed by atoms with Gasteiger partial charge in [-0.25, -0.2) is 4.98 Å². The second-order valence-electron chi connectivity index (χ2n) is 2.39. The number of fused-ring (bicyclic) bond motifs is 1. The first-order chi connectivity index (χ1) is 5.79. The van der Waals surface area contributed by atoms with Crippen LogP contribution in [0.1, 0.15) is 5.82 Å². The predicted molar refractivity (Wildman–Crippen MR) is 41.7 cm³/mol. The summed E-state index contributed by atoms with van der Waals surface area (Å²) in [5, 5.41) is 0. The Hall–Kier alpha value is -1.49. The Balaban J connectivity index is 2.67. The van der Waals surface area contributed by atoms with E-state index in [4.69, 9.17) is 5.73 Å². The van der Waals surface area contributed by atoms with Crippen LogP contribution in [0.2, 0.25) is 0 Å². The molecule has 2 heterocycles. The Labute approximate surface area is 67.6 Å². The number of aromatic nitrogens is 3. The molecule has 0 radical (unpaired) electrons. The van der Waals surface area contributed by atoms with E-state index in [1.807, 2.05) is 0 Å². The van der Waals surface area contributed by atoms with Crippen molar-refractivity contribution < 1.29 is 4.39 Å². The minimum absolute atomic E-state index is 0.304. The summed E-state index contributed by atoms with van der Waals surface area (Å²) in [7, 11) is 0. The van der Waals surface area contributed by atoms with Crippen molar-refractivity contribution >= 4 is 11.2 Å². The van der Waals surface area contributed by atoms with Gasteiger partial charge in [-0.15, -0.1) is 0 Å². The maximum absolute atomic E-state index is 12.6. The van der Waals surface area contributed by atoms with E-state index in [1.165, 1.54) is 6.07 Å². The second kappa shape index (κ2) is 2.53. The van der Waals surface area contributed by atoms with E-state index in [0.717, 1.165) is 0 Å². The Morgan fingerprint density at radius 2 is 2.25 bits per heavy atom. The van der Waals surface area contributed by atoms with Crippen molar-refractivity contribution in [2.24, 2.45) is 5.73 Å². The van der Waals surface area contributed by atoms with Crippen LogP contribution in [0.25, 0.3) is 11.2 Å². The molecular formula is C7H7FN4. The fourth-order valence-corrected chi connectivity index (χ4v) is 1.02. The predicted octanol–water partition coefficient (Wildman–Crippen LogP) is 0.556. The molecule has 0 saturated heterocycles. The number of nitrogens with one attached hydrogen (secondary N) is 1. The molecule has 62 valence electrons. The molecule has 0 aromatic carbocycles. The fourth-order valence-electron chi connectivity index (χ4n) is 1.02. The average molecular weight is 166 g/mol. The van der Waals surface area contributed by atoms with Crippen molar-refractivity contribution in [3.8, 4) is 0 Å². The monoisotopic (exact) mass is 166 g/mol. The lowest BCUT2D eigenvalue weighted by atomic mass is 10.4. The van der Waals surface area contributed by atoms with Crippen molar-refractivity contribution in [3.05, 3.63) is 23.9 Å². The number of H-pyrrole nitrogens is 1. The third-order valence-electron chi connectivity index (χ3n) is 1.55. The summed E-state index contributed by atoms with van der Waals surface area (Å²) in [6.07, 6.45) is 0. The van der Waals surface area contributed by atoms with Gasteiger partial charge in [-0.3, -0.25) is 0 Å². The van der Waals surface area contributed by atoms with Gasteiger partial charge in [0.1, 0.15) is 5.82 Å². The number of nitrogens with zero attached hydrogens (tertiary/aromatic N) is 2. The molecule has 0 spiro atoms. The molecular weight excluding hydrogens is 159 g/mol. The Morgan fingerprint density at radius 1 is 1.42 bits per heavy atom. The zero-order valence-electron chi connectivity index (χ0n) is 6.21.